The summed E-state index contributed by atoms with van der Waals surface area (Å²) in [7, 11) is 1.23. The highest BCUT2D eigenvalue weighted by Gasteiger charge is 2.25. The number of halogens is 2. The minimum absolute atomic E-state index is 0.177. The molecule has 1 aliphatic heterocycles. The fraction of sp³-hybridized carbons (Fsp3) is 0.100. The Morgan fingerprint density at radius 2 is 2.13 bits per heavy atom. The molecule has 1 heterocycles. The average Bonchev–Trinajstić information content (AvgIpc) is 3.06. The van der Waals surface area contributed by atoms with Crippen LogP contribution in [0.1, 0.15) is 11.1 Å². The first kappa shape index (κ1) is 22.1. The van der Waals surface area contributed by atoms with Gasteiger partial charge in [0.25, 0.3) is 5.91 Å². The summed E-state index contributed by atoms with van der Waals surface area (Å²) in [6, 6.07) is 13.0. The van der Waals surface area contributed by atoms with Crippen LogP contribution in [-0.4, -0.2) is 30.4 Å². The SMILES string of the molecule is COC(=O)/C=C1/S/C(=N\N=Cc2cc(Cl)ccc2OCc2cccc(Br)c2)NC1=O. The van der Waals surface area contributed by atoms with Crippen LogP contribution in [0.4, 0.5) is 0 Å². The molecular weight excluding hydrogens is 494 g/mol. The van der Waals surface area contributed by atoms with E-state index < -0.39 is 11.9 Å². The lowest BCUT2D eigenvalue weighted by atomic mass is 10.2. The summed E-state index contributed by atoms with van der Waals surface area (Å²) >= 11 is 10.5. The number of nitrogens with zero attached hydrogens (tertiary/aromatic N) is 2. The highest BCUT2D eigenvalue weighted by Crippen LogP contribution is 2.25. The van der Waals surface area contributed by atoms with Crippen molar-refractivity contribution in [2.24, 2.45) is 10.2 Å². The molecule has 3 rings (SSSR count). The van der Waals surface area contributed by atoms with Gasteiger partial charge in [0.15, 0.2) is 5.17 Å². The Morgan fingerprint density at radius 1 is 1.30 bits per heavy atom. The first-order chi connectivity index (χ1) is 14.4. The van der Waals surface area contributed by atoms with E-state index in [0.29, 0.717) is 22.9 Å². The van der Waals surface area contributed by atoms with Gasteiger partial charge in [-0.05, 0) is 47.7 Å². The van der Waals surface area contributed by atoms with Crippen molar-refractivity contribution in [1.29, 1.82) is 0 Å². The van der Waals surface area contributed by atoms with Crippen molar-refractivity contribution in [3.8, 4) is 5.75 Å². The number of thioether (sulfide) groups is 1. The molecule has 0 unspecified atom stereocenters. The van der Waals surface area contributed by atoms with Gasteiger partial charge in [-0.1, -0.05) is 39.7 Å². The van der Waals surface area contributed by atoms with Crippen LogP contribution in [0.2, 0.25) is 5.02 Å². The largest absolute Gasteiger partial charge is 0.488 e. The number of esters is 1. The lowest BCUT2D eigenvalue weighted by Crippen LogP contribution is -2.19. The molecule has 0 bridgehead atoms. The predicted molar refractivity (Wildman–Crippen MR) is 121 cm³/mol. The minimum atomic E-state index is -0.622. The first-order valence-corrected chi connectivity index (χ1v) is 10.5. The van der Waals surface area contributed by atoms with Gasteiger partial charge >= 0.3 is 5.97 Å². The summed E-state index contributed by atoms with van der Waals surface area (Å²) in [6.45, 7) is 0.365. The number of amides is 1. The molecule has 2 aromatic carbocycles. The van der Waals surface area contributed by atoms with Crippen molar-refractivity contribution in [2.75, 3.05) is 7.11 Å². The van der Waals surface area contributed by atoms with E-state index in [0.717, 1.165) is 27.9 Å². The lowest BCUT2D eigenvalue weighted by molar-refractivity contribution is -0.135. The minimum Gasteiger partial charge on any atom is -0.488 e. The van der Waals surface area contributed by atoms with Gasteiger partial charge in [0.1, 0.15) is 12.4 Å². The molecule has 0 radical (unpaired) electrons. The molecule has 1 saturated heterocycles. The molecule has 7 nitrogen and oxygen atoms in total. The van der Waals surface area contributed by atoms with Gasteiger partial charge < -0.3 is 9.47 Å². The molecule has 0 aromatic heterocycles. The Morgan fingerprint density at radius 3 is 2.90 bits per heavy atom. The van der Waals surface area contributed by atoms with Gasteiger partial charge in [-0.2, -0.15) is 5.10 Å². The fourth-order valence-electron chi connectivity index (χ4n) is 2.32. The summed E-state index contributed by atoms with van der Waals surface area (Å²) in [5.41, 5.74) is 1.62. The molecule has 0 spiro atoms. The number of hydrogen-bond donors (Lipinski definition) is 1. The molecule has 0 aliphatic carbocycles. The van der Waals surface area contributed by atoms with Crippen molar-refractivity contribution >= 4 is 62.6 Å². The molecule has 154 valence electrons. The van der Waals surface area contributed by atoms with Crippen LogP contribution in [0.3, 0.4) is 0 Å². The highest BCUT2D eigenvalue weighted by atomic mass is 79.9. The highest BCUT2D eigenvalue weighted by molar-refractivity contribution is 9.10. The monoisotopic (exact) mass is 507 g/mol. The van der Waals surface area contributed by atoms with E-state index in [1.54, 1.807) is 18.2 Å². The van der Waals surface area contributed by atoms with Crippen LogP contribution >= 0.6 is 39.3 Å². The zero-order valence-electron chi connectivity index (χ0n) is 15.6. The fourth-order valence-corrected chi connectivity index (χ4v) is 3.69. The number of amidine groups is 1. The normalized spacial score (nSPS) is 16.3. The van der Waals surface area contributed by atoms with Crippen LogP contribution in [0.25, 0.3) is 0 Å². The smallest absolute Gasteiger partial charge is 0.331 e. The van der Waals surface area contributed by atoms with Gasteiger partial charge in [0.05, 0.1) is 18.2 Å². The number of carbonyl (C=O) groups is 2. The van der Waals surface area contributed by atoms with E-state index in [1.807, 2.05) is 24.3 Å². The molecule has 0 saturated carbocycles. The van der Waals surface area contributed by atoms with Crippen molar-refractivity contribution in [1.82, 2.24) is 5.32 Å². The number of methoxy groups -OCH3 is 1. The second kappa shape index (κ2) is 10.4. The molecule has 1 amide bonds. The van der Waals surface area contributed by atoms with Crippen molar-refractivity contribution < 1.29 is 19.1 Å². The van der Waals surface area contributed by atoms with Gasteiger partial charge in [-0.25, -0.2) is 4.79 Å². The lowest BCUT2D eigenvalue weighted by Gasteiger charge is -2.09. The number of carbonyl (C=O) groups excluding carboxylic acids is 2. The summed E-state index contributed by atoms with van der Waals surface area (Å²) in [5.74, 6) is -0.485. The number of hydrogen-bond acceptors (Lipinski definition) is 7. The molecule has 1 aliphatic rings. The van der Waals surface area contributed by atoms with Gasteiger partial charge in [-0.3, -0.25) is 10.1 Å². The number of nitrogens with one attached hydrogen (secondary N) is 1. The second-order valence-corrected chi connectivity index (χ2v) is 8.22. The van der Waals surface area contributed by atoms with Gasteiger partial charge in [0, 0.05) is 21.1 Å². The first-order valence-electron chi connectivity index (χ1n) is 8.51. The van der Waals surface area contributed by atoms with Crippen LogP contribution < -0.4 is 10.1 Å². The van der Waals surface area contributed by atoms with Crippen LogP contribution in [0.15, 0.2) is 68.1 Å². The number of rotatable bonds is 6. The third-order valence-electron chi connectivity index (χ3n) is 3.70. The average molecular weight is 509 g/mol. The Kier molecular flexibility index (Phi) is 7.67. The molecule has 1 N–H and O–H groups in total. The van der Waals surface area contributed by atoms with E-state index in [4.69, 9.17) is 16.3 Å². The molecule has 10 heteroatoms. The van der Waals surface area contributed by atoms with E-state index in [1.165, 1.54) is 13.3 Å². The molecule has 2 aromatic rings. The molecule has 30 heavy (non-hydrogen) atoms. The third kappa shape index (κ3) is 6.19. The van der Waals surface area contributed by atoms with Crippen molar-refractivity contribution in [3.05, 3.63) is 74.1 Å². The number of ether oxygens (including phenoxy) is 2. The van der Waals surface area contributed by atoms with Crippen LogP contribution in [0, 0.1) is 0 Å². The Labute approximate surface area is 190 Å². The van der Waals surface area contributed by atoms with Gasteiger partial charge in [-0.15, -0.1) is 5.10 Å². The van der Waals surface area contributed by atoms with Crippen LogP contribution in [0.5, 0.6) is 5.75 Å². The number of benzene rings is 2. The Bertz CT molecular complexity index is 1070. The van der Waals surface area contributed by atoms with Gasteiger partial charge in [0.2, 0.25) is 0 Å². The van der Waals surface area contributed by atoms with Crippen LogP contribution in [-0.2, 0) is 20.9 Å². The third-order valence-corrected chi connectivity index (χ3v) is 5.33. The maximum absolute atomic E-state index is 11.8. The van der Waals surface area contributed by atoms with Crippen molar-refractivity contribution in [3.63, 3.8) is 0 Å². The standard InChI is InChI=1S/C20H15BrClN3O4S/c1-28-18(26)9-17-19(27)24-20(30-17)25-23-10-13-8-15(22)5-6-16(13)29-11-12-3-2-4-14(21)7-12/h2-10H,11H2,1H3,(H,24,25,27)/b17-9+,23-10?. The zero-order valence-corrected chi connectivity index (χ0v) is 18.8. The second-order valence-electron chi connectivity index (χ2n) is 5.84. The summed E-state index contributed by atoms with van der Waals surface area (Å²) < 4.78 is 11.4. The summed E-state index contributed by atoms with van der Waals surface area (Å²) in [4.78, 5) is 23.3. The van der Waals surface area contributed by atoms with E-state index in [9.17, 15) is 9.59 Å². The molecular formula is C20H15BrClN3O4S. The molecule has 0 atom stereocenters. The zero-order chi connectivity index (χ0) is 21.5. The topological polar surface area (TPSA) is 89.3 Å². The summed E-state index contributed by atoms with van der Waals surface area (Å²) in [5, 5.41) is 11.3. The maximum Gasteiger partial charge on any atom is 0.331 e. The quantitative estimate of drug-likeness (QED) is 0.272. The molecule has 1 fully saturated rings. The van der Waals surface area contributed by atoms with E-state index in [2.05, 4.69) is 36.2 Å². The maximum atomic E-state index is 11.8. The Hall–Kier alpha value is -2.62. The summed E-state index contributed by atoms with van der Waals surface area (Å²) in [6.07, 6.45) is 2.57. The predicted octanol–water partition coefficient (Wildman–Crippen LogP) is 4.29. The van der Waals surface area contributed by atoms with E-state index in [-0.39, 0.29) is 10.1 Å². The van der Waals surface area contributed by atoms with E-state index >= 15 is 0 Å². The Balaban J connectivity index is 1.71. The van der Waals surface area contributed by atoms with Crippen molar-refractivity contribution in [2.45, 2.75) is 6.61 Å².